The lowest BCUT2D eigenvalue weighted by Gasteiger charge is -2.25. The van der Waals surface area contributed by atoms with Gasteiger partial charge in [0.1, 0.15) is 11.7 Å². The molecule has 4 rings (SSSR count). The summed E-state index contributed by atoms with van der Waals surface area (Å²) in [6, 6.07) is 8.45. The molecule has 1 aromatic heterocycles. The van der Waals surface area contributed by atoms with E-state index in [2.05, 4.69) is 4.99 Å². The van der Waals surface area contributed by atoms with Crippen LogP contribution in [0.5, 0.6) is 0 Å². The molecule has 0 atom stereocenters. The number of aliphatic imine (C=N–C) groups is 1. The molecule has 0 radical (unpaired) electrons. The van der Waals surface area contributed by atoms with Crippen LogP contribution in [0.15, 0.2) is 52.0 Å². The number of para-hydroxylation sites is 1. The van der Waals surface area contributed by atoms with E-state index in [1.54, 1.807) is 29.2 Å². The highest BCUT2D eigenvalue weighted by Gasteiger charge is 2.34. The molecule has 136 valence electrons. The van der Waals surface area contributed by atoms with Crippen molar-refractivity contribution < 1.29 is 9.18 Å². The van der Waals surface area contributed by atoms with Crippen molar-refractivity contribution >= 4 is 34.7 Å². The molecule has 5 nitrogen and oxygen atoms in total. The summed E-state index contributed by atoms with van der Waals surface area (Å²) in [5, 5.41) is 10.8. The Hall–Kier alpha value is -2.93. The van der Waals surface area contributed by atoms with E-state index in [1.807, 2.05) is 36.8 Å². The molecule has 0 aliphatic carbocycles. The van der Waals surface area contributed by atoms with Gasteiger partial charge in [0.25, 0.3) is 5.91 Å². The van der Waals surface area contributed by atoms with Crippen LogP contribution in [0.25, 0.3) is 11.8 Å². The van der Waals surface area contributed by atoms with E-state index >= 15 is 0 Å². The lowest BCUT2D eigenvalue weighted by molar-refractivity contribution is -0.114. The maximum atomic E-state index is 14.3. The van der Waals surface area contributed by atoms with Crippen molar-refractivity contribution in [2.24, 2.45) is 4.99 Å². The number of nitrogens with zero attached hydrogens (tertiary/aromatic N) is 3. The minimum absolute atomic E-state index is 0.111. The van der Waals surface area contributed by atoms with Crippen molar-refractivity contribution in [3.8, 4) is 5.69 Å². The lowest BCUT2D eigenvalue weighted by Crippen LogP contribution is -2.37. The van der Waals surface area contributed by atoms with E-state index in [9.17, 15) is 9.18 Å². The van der Waals surface area contributed by atoms with E-state index in [0.29, 0.717) is 10.9 Å². The molecule has 1 N–H and O–H groups in total. The average molecular weight is 380 g/mol. The molecule has 2 aliphatic rings. The van der Waals surface area contributed by atoms with Crippen molar-refractivity contribution in [1.29, 1.82) is 5.41 Å². The molecular formula is C20H17FN4OS. The number of nitrogens with one attached hydrogen (secondary N) is 1. The Morgan fingerprint density at radius 3 is 2.70 bits per heavy atom. The minimum atomic E-state index is -0.433. The van der Waals surface area contributed by atoms with Crippen LogP contribution in [0.2, 0.25) is 0 Å². The molecule has 0 fully saturated rings. The van der Waals surface area contributed by atoms with E-state index in [0.717, 1.165) is 22.6 Å². The largest absolute Gasteiger partial charge is 0.315 e. The van der Waals surface area contributed by atoms with Crippen molar-refractivity contribution in [2.75, 3.05) is 0 Å². The van der Waals surface area contributed by atoms with Gasteiger partial charge in [0, 0.05) is 17.1 Å². The molecule has 0 unspecified atom stereocenters. The predicted molar refractivity (Wildman–Crippen MR) is 107 cm³/mol. The third kappa shape index (κ3) is 2.75. The van der Waals surface area contributed by atoms with Gasteiger partial charge >= 0.3 is 0 Å². The highest BCUT2D eigenvalue weighted by Crippen LogP contribution is 2.32. The van der Waals surface area contributed by atoms with Gasteiger partial charge in [-0.25, -0.2) is 4.39 Å². The fourth-order valence-electron chi connectivity index (χ4n) is 3.33. The number of aryl methyl sites for hydroxylation is 1. The highest BCUT2D eigenvalue weighted by molar-refractivity contribution is 8.16. The number of benzene rings is 1. The lowest BCUT2D eigenvalue weighted by atomic mass is 10.1. The number of rotatable bonds is 2. The second kappa shape index (κ2) is 6.35. The van der Waals surface area contributed by atoms with Crippen LogP contribution in [0.3, 0.4) is 0 Å². The first-order chi connectivity index (χ1) is 12.9. The SMILES string of the molecule is CC1=CSC2=NC(=O)/C(=C\c3cc(C)n(-c4ccccc4F)c3C)C(=N)N12. The van der Waals surface area contributed by atoms with Gasteiger partial charge in [-0.3, -0.25) is 15.1 Å². The molecule has 2 aliphatic heterocycles. The second-order valence-electron chi connectivity index (χ2n) is 6.43. The number of thioether (sulfide) groups is 1. The van der Waals surface area contributed by atoms with Gasteiger partial charge in [0.15, 0.2) is 5.17 Å². The Labute approximate surface area is 160 Å². The van der Waals surface area contributed by atoms with Crippen LogP contribution in [0, 0.1) is 25.1 Å². The minimum Gasteiger partial charge on any atom is -0.315 e. The van der Waals surface area contributed by atoms with Crippen molar-refractivity contribution in [3.05, 3.63) is 69.8 Å². The average Bonchev–Trinajstić information content (AvgIpc) is 3.12. The summed E-state index contributed by atoms with van der Waals surface area (Å²) in [7, 11) is 0. The zero-order chi connectivity index (χ0) is 19.3. The summed E-state index contributed by atoms with van der Waals surface area (Å²) in [5.41, 5.74) is 3.94. The molecule has 7 heteroatoms. The number of halogens is 1. The number of allylic oxidation sites excluding steroid dienone is 1. The van der Waals surface area contributed by atoms with Crippen LogP contribution in [0.4, 0.5) is 4.39 Å². The third-order valence-corrected chi connectivity index (χ3v) is 5.59. The fraction of sp³-hybridized carbons (Fsp3) is 0.150. The Bertz CT molecular complexity index is 1090. The Morgan fingerprint density at radius 1 is 1.22 bits per heavy atom. The molecule has 3 heterocycles. The quantitative estimate of drug-likeness (QED) is 0.786. The van der Waals surface area contributed by atoms with Gasteiger partial charge in [0.2, 0.25) is 0 Å². The molecule has 2 aromatic rings. The van der Waals surface area contributed by atoms with Crippen molar-refractivity contribution in [3.63, 3.8) is 0 Å². The number of hydrogen-bond acceptors (Lipinski definition) is 3. The molecule has 27 heavy (non-hydrogen) atoms. The molecule has 0 spiro atoms. The Morgan fingerprint density at radius 2 is 1.96 bits per heavy atom. The van der Waals surface area contributed by atoms with E-state index < -0.39 is 5.91 Å². The number of carbonyl (C=O) groups is 1. The predicted octanol–water partition coefficient (Wildman–Crippen LogP) is 4.40. The standard InChI is InChI=1S/C20H17FN4OS/c1-11-8-14(13(3)24(11)17-7-5-4-6-16(17)21)9-15-18(22)25-12(2)10-27-20(25)23-19(15)26/h4-10,22H,1-3H3/b15-9-,22-18?. The van der Waals surface area contributed by atoms with Crippen LogP contribution in [0.1, 0.15) is 23.9 Å². The smallest absolute Gasteiger partial charge is 0.283 e. The Balaban J connectivity index is 1.81. The third-order valence-electron chi connectivity index (χ3n) is 4.65. The normalized spacial score (nSPS) is 18.1. The number of amidine groups is 2. The summed E-state index contributed by atoms with van der Waals surface area (Å²) in [6.07, 6.45) is 1.67. The van der Waals surface area contributed by atoms with Gasteiger partial charge < -0.3 is 4.57 Å². The van der Waals surface area contributed by atoms with E-state index in [1.165, 1.54) is 17.8 Å². The summed E-state index contributed by atoms with van der Waals surface area (Å²) in [5.74, 6) is -0.638. The highest BCUT2D eigenvalue weighted by atomic mass is 32.2. The number of carbonyl (C=O) groups excluding carboxylic acids is 1. The van der Waals surface area contributed by atoms with Gasteiger partial charge in [-0.05, 0) is 56.0 Å². The van der Waals surface area contributed by atoms with Gasteiger partial charge in [-0.2, -0.15) is 4.99 Å². The van der Waals surface area contributed by atoms with Crippen LogP contribution in [-0.2, 0) is 4.79 Å². The summed E-state index contributed by atoms with van der Waals surface area (Å²) in [6.45, 7) is 5.63. The van der Waals surface area contributed by atoms with Gasteiger partial charge in [-0.15, -0.1) is 0 Å². The van der Waals surface area contributed by atoms with Crippen LogP contribution < -0.4 is 0 Å². The second-order valence-corrected chi connectivity index (χ2v) is 7.27. The zero-order valence-electron chi connectivity index (χ0n) is 15.1. The molecule has 0 saturated heterocycles. The number of hydrogen-bond donors (Lipinski definition) is 1. The maximum Gasteiger partial charge on any atom is 0.283 e. The summed E-state index contributed by atoms with van der Waals surface area (Å²) < 4.78 is 16.1. The monoisotopic (exact) mass is 380 g/mol. The first kappa shape index (κ1) is 17.5. The van der Waals surface area contributed by atoms with Crippen molar-refractivity contribution in [1.82, 2.24) is 9.47 Å². The number of aromatic nitrogens is 1. The zero-order valence-corrected chi connectivity index (χ0v) is 15.9. The first-order valence-corrected chi connectivity index (χ1v) is 9.27. The molecule has 1 aromatic carbocycles. The molecule has 0 saturated carbocycles. The maximum absolute atomic E-state index is 14.3. The van der Waals surface area contributed by atoms with Gasteiger partial charge in [0.05, 0.1) is 11.3 Å². The van der Waals surface area contributed by atoms with Crippen LogP contribution in [-0.4, -0.2) is 26.4 Å². The summed E-state index contributed by atoms with van der Waals surface area (Å²) >= 11 is 1.34. The van der Waals surface area contributed by atoms with Gasteiger partial charge in [-0.1, -0.05) is 23.9 Å². The summed E-state index contributed by atoms with van der Waals surface area (Å²) in [4.78, 5) is 18.2. The topological polar surface area (TPSA) is 61.5 Å². The fourth-order valence-corrected chi connectivity index (χ4v) is 4.19. The van der Waals surface area contributed by atoms with Crippen molar-refractivity contribution in [2.45, 2.75) is 20.8 Å². The molecule has 0 bridgehead atoms. The number of amides is 1. The Kier molecular flexibility index (Phi) is 4.11. The number of fused-ring (bicyclic) bond motifs is 1. The molecular weight excluding hydrogens is 363 g/mol. The first-order valence-electron chi connectivity index (χ1n) is 8.39. The van der Waals surface area contributed by atoms with E-state index in [4.69, 9.17) is 5.41 Å². The molecule has 1 amide bonds. The van der Waals surface area contributed by atoms with E-state index in [-0.39, 0.29) is 17.2 Å². The van der Waals surface area contributed by atoms with Crippen LogP contribution >= 0.6 is 11.8 Å².